The normalized spacial score (nSPS) is 14.5. The van der Waals surface area contributed by atoms with Gasteiger partial charge < -0.3 is 28.5 Å². The molecule has 3 atom stereocenters. The van der Waals surface area contributed by atoms with E-state index < -0.39 is 32.5 Å². The number of hydrogen-bond donors (Lipinski definition) is 1. The topological polar surface area (TPSA) is 114 Å². The first-order valence-corrected chi connectivity index (χ1v) is 34.6. The minimum atomic E-state index is -4.73. The Morgan fingerprint density at radius 2 is 0.783 bits per heavy atom. The Morgan fingerprint density at radius 3 is 1.18 bits per heavy atom. The minimum absolute atomic E-state index is 0.0417. The molecule has 83 heavy (non-hydrogen) atoms. The molecular formula is C73H123N2O7P. The van der Waals surface area contributed by atoms with E-state index in [0.717, 1.165) is 122 Å². The second kappa shape index (κ2) is 61.0. The molecule has 0 fully saturated rings. The SMILES string of the molecule is CC/C=C\C/C=C\C/C=C\C/C=C\C/C=C\C/C=C\CCC(=O)OC(/C=C\CCCCCCCCCCC)C(COP(=O)([O-])OCC[N+](C)(C)C)NC(=O)CCCCCCCCCCCCC/C=C\C/C=C\C/C=C\C/C=C\C/C=C\CC. The smallest absolute Gasteiger partial charge is 0.306 e. The summed E-state index contributed by atoms with van der Waals surface area (Å²) in [6, 6.07) is -0.931. The van der Waals surface area contributed by atoms with Crippen molar-refractivity contribution in [3.8, 4) is 0 Å². The van der Waals surface area contributed by atoms with E-state index in [1.807, 2.05) is 39.4 Å². The van der Waals surface area contributed by atoms with Crippen molar-refractivity contribution in [1.82, 2.24) is 5.32 Å². The maximum absolute atomic E-state index is 13.6. The van der Waals surface area contributed by atoms with E-state index in [1.165, 1.54) is 89.9 Å². The first-order chi connectivity index (χ1) is 40.4. The number of quaternary nitrogens is 1. The zero-order valence-electron chi connectivity index (χ0n) is 53.8. The van der Waals surface area contributed by atoms with Crippen molar-refractivity contribution < 1.29 is 37.3 Å². The molecule has 0 aliphatic heterocycles. The molecule has 10 heteroatoms. The molecule has 0 aromatic heterocycles. The quantitative estimate of drug-likeness (QED) is 0.0212. The summed E-state index contributed by atoms with van der Waals surface area (Å²) >= 11 is 0. The van der Waals surface area contributed by atoms with Crippen LogP contribution in [0.1, 0.15) is 252 Å². The molecular weight excluding hydrogens is 1050 g/mol. The highest BCUT2D eigenvalue weighted by Crippen LogP contribution is 2.38. The molecule has 0 aromatic carbocycles. The second-order valence-corrected chi connectivity index (χ2v) is 24.3. The maximum Gasteiger partial charge on any atom is 0.306 e. The number of phosphoric ester groups is 1. The number of amides is 1. The van der Waals surface area contributed by atoms with Gasteiger partial charge in [-0.25, -0.2) is 0 Å². The predicted octanol–water partition coefficient (Wildman–Crippen LogP) is 20.4. The number of rotatable bonds is 58. The van der Waals surface area contributed by atoms with Crippen molar-refractivity contribution in [2.75, 3.05) is 40.9 Å². The van der Waals surface area contributed by atoms with Crippen molar-refractivity contribution in [1.29, 1.82) is 0 Å². The van der Waals surface area contributed by atoms with Crippen LogP contribution in [0.2, 0.25) is 0 Å². The highest BCUT2D eigenvalue weighted by Gasteiger charge is 2.27. The summed E-state index contributed by atoms with van der Waals surface area (Å²) in [5.74, 6) is -0.652. The molecule has 0 spiro atoms. The first-order valence-electron chi connectivity index (χ1n) is 33.1. The number of esters is 1. The molecule has 3 unspecified atom stereocenters. The highest BCUT2D eigenvalue weighted by molar-refractivity contribution is 7.45. The first kappa shape index (κ1) is 78.9. The fourth-order valence-electron chi connectivity index (χ4n) is 8.75. The third kappa shape index (κ3) is 62.2. The molecule has 0 aliphatic carbocycles. The largest absolute Gasteiger partial charge is 0.756 e. The van der Waals surface area contributed by atoms with Gasteiger partial charge in [0, 0.05) is 12.8 Å². The van der Waals surface area contributed by atoms with Gasteiger partial charge in [0.25, 0.3) is 7.82 Å². The number of phosphoric acid groups is 1. The van der Waals surface area contributed by atoms with Gasteiger partial charge in [0.15, 0.2) is 0 Å². The molecule has 0 aromatic rings. The predicted molar refractivity (Wildman–Crippen MR) is 357 cm³/mol. The van der Waals surface area contributed by atoms with Crippen molar-refractivity contribution in [3.63, 3.8) is 0 Å². The number of carbonyl (C=O) groups is 2. The third-order valence-electron chi connectivity index (χ3n) is 13.8. The highest BCUT2D eigenvalue weighted by atomic mass is 31.2. The molecule has 0 aliphatic rings. The number of ether oxygens (including phenoxy) is 1. The van der Waals surface area contributed by atoms with E-state index in [2.05, 4.69) is 148 Å². The lowest BCUT2D eigenvalue weighted by Gasteiger charge is -2.30. The lowest BCUT2D eigenvalue weighted by Crippen LogP contribution is -2.47. The van der Waals surface area contributed by atoms with Crippen molar-refractivity contribution in [3.05, 3.63) is 146 Å². The Bertz CT molecular complexity index is 1930. The van der Waals surface area contributed by atoms with Gasteiger partial charge in [-0.3, -0.25) is 14.2 Å². The van der Waals surface area contributed by atoms with Crippen LogP contribution >= 0.6 is 7.82 Å². The maximum atomic E-state index is 13.6. The molecule has 0 saturated carbocycles. The summed E-state index contributed by atoms with van der Waals surface area (Å²) in [6.07, 6.45) is 88.4. The second-order valence-electron chi connectivity index (χ2n) is 22.9. The molecule has 0 rings (SSSR count). The molecule has 0 bridgehead atoms. The molecule has 0 radical (unpaired) electrons. The Kier molecular flexibility index (Phi) is 58.0. The summed E-state index contributed by atoms with van der Waals surface area (Å²) in [6.45, 7) is 6.55. The molecule has 1 N–H and O–H groups in total. The summed E-state index contributed by atoms with van der Waals surface area (Å²) in [4.78, 5) is 40.0. The zero-order chi connectivity index (χ0) is 60.7. The minimum Gasteiger partial charge on any atom is -0.756 e. The number of likely N-dealkylation sites (N-methyl/N-ethyl adjacent to an activating group) is 1. The lowest BCUT2D eigenvalue weighted by atomic mass is 10.0. The van der Waals surface area contributed by atoms with Crippen LogP contribution in [0.4, 0.5) is 0 Å². The number of unbranched alkanes of at least 4 members (excludes halogenated alkanes) is 20. The number of hydrogen-bond acceptors (Lipinski definition) is 7. The van der Waals surface area contributed by atoms with Gasteiger partial charge in [-0.1, -0.05) is 270 Å². The standard InChI is InChI=1S/C73H123N2O7P/c1-7-10-13-16-19-22-25-27-29-31-33-34-35-36-37-38-39-40-42-43-45-47-50-53-56-59-62-65-72(76)74-70(69-81-83(78,79)80-68-67-75(4,5)6)71(64-61-58-55-52-49-24-21-18-15-12-9-3)82-73(77)66-63-60-57-54-51-48-46-44-41-32-30-28-26-23-20-17-14-11-8-2/h10-11,13-14,19-20,22-23,27-30,33-34,36-37,41,44,48,51,57,60-61,64,70-71H,7-9,12,15-18,21,24-26,31-32,35,38-40,42-43,45-47,49-50,52-56,58-59,62-63,65-69H2,1-6H3,(H-,74,76,78,79)/b13-10-,14-11-,22-19-,23-20-,29-27-,30-28-,34-33-,37-36-,44-41-,51-48-,60-57-,64-61-. The third-order valence-corrected chi connectivity index (χ3v) is 14.7. The molecule has 9 nitrogen and oxygen atoms in total. The average Bonchev–Trinajstić information content (AvgIpc) is 3.51. The zero-order valence-corrected chi connectivity index (χ0v) is 54.7. The van der Waals surface area contributed by atoms with Gasteiger partial charge >= 0.3 is 5.97 Å². The number of nitrogens with zero attached hydrogens (tertiary/aromatic N) is 1. The van der Waals surface area contributed by atoms with Crippen molar-refractivity contribution in [2.45, 2.75) is 264 Å². The monoisotopic (exact) mass is 1170 g/mol. The van der Waals surface area contributed by atoms with Gasteiger partial charge in [0.1, 0.15) is 19.3 Å². The Hall–Kier alpha value is -4.11. The summed E-state index contributed by atoms with van der Waals surface area (Å²) in [7, 11) is 1.12. The average molecular weight is 1170 g/mol. The van der Waals surface area contributed by atoms with Crippen LogP contribution in [0.5, 0.6) is 0 Å². The number of allylic oxidation sites excluding steroid dienone is 23. The lowest BCUT2D eigenvalue weighted by molar-refractivity contribution is -0.870. The molecule has 0 heterocycles. The summed E-state index contributed by atoms with van der Waals surface area (Å²) < 4.78 is 30.3. The van der Waals surface area contributed by atoms with Crippen LogP contribution in [0.15, 0.2) is 146 Å². The van der Waals surface area contributed by atoms with E-state index in [1.54, 1.807) is 6.08 Å². The van der Waals surface area contributed by atoms with Crippen LogP contribution in [-0.4, -0.2) is 69.4 Å². The van der Waals surface area contributed by atoms with E-state index in [0.29, 0.717) is 17.4 Å². The molecule has 472 valence electrons. The van der Waals surface area contributed by atoms with E-state index in [9.17, 15) is 19.0 Å². The van der Waals surface area contributed by atoms with Crippen molar-refractivity contribution in [2.24, 2.45) is 0 Å². The Balaban J connectivity index is 5.18. The van der Waals surface area contributed by atoms with Gasteiger partial charge in [-0.05, 0) is 115 Å². The van der Waals surface area contributed by atoms with Crippen LogP contribution < -0.4 is 10.2 Å². The summed E-state index contributed by atoms with van der Waals surface area (Å²) in [5.41, 5.74) is 0. The van der Waals surface area contributed by atoms with E-state index >= 15 is 0 Å². The molecule has 0 saturated heterocycles. The fourth-order valence-corrected chi connectivity index (χ4v) is 9.47. The van der Waals surface area contributed by atoms with Crippen molar-refractivity contribution >= 4 is 19.7 Å². The fraction of sp³-hybridized carbons (Fsp3) is 0.644. The van der Waals surface area contributed by atoms with E-state index in [-0.39, 0.29) is 25.4 Å². The van der Waals surface area contributed by atoms with E-state index in [4.69, 9.17) is 13.8 Å². The van der Waals surface area contributed by atoms with Gasteiger partial charge in [0.2, 0.25) is 5.91 Å². The van der Waals surface area contributed by atoms with Crippen LogP contribution in [-0.2, 0) is 27.9 Å². The van der Waals surface area contributed by atoms with Crippen LogP contribution in [0, 0.1) is 0 Å². The van der Waals surface area contributed by atoms with Gasteiger partial charge in [-0.15, -0.1) is 0 Å². The Labute approximate surface area is 510 Å². The Morgan fingerprint density at radius 1 is 0.434 bits per heavy atom. The van der Waals surface area contributed by atoms with Crippen LogP contribution in [0.25, 0.3) is 0 Å². The van der Waals surface area contributed by atoms with Gasteiger partial charge in [0.05, 0.1) is 33.8 Å². The van der Waals surface area contributed by atoms with Crippen LogP contribution in [0.3, 0.4) is 0 Å². The number of carbonyl (C=O) groups excluding carboxylic acids is 2. The summed E-state index contributed by atoms with van der Waals surface area (Å²) in [5, 5.41) is 3.01. The molecule has 1 amide bonds. The number of nitrogens with one attached hydrogen (secondary N) is 1. The van der Waals surface area contributed by atoms with Gasteiger partial charge in [-0.2, -0.15) is 0 Å².